The lowest BCUT2D eigenvalue weighted by atomic mass is 9.83. The molecule has 1 N–H and O–H groups in total. The molecule has 0 spiro atoms. The quantitative estimate of drug-likeness (QED) is 0.509. The highest BCUT2D eigenvalue weighted by Gasteiger charge is 2.28. The fraction of sp³-hybridized carbons (Fsp3) is 0.667. The minimum atomic E-state index is -0.145. The molecular weight excluding hydrogens is 192 g/mol. The van der Waals surface area contributed by atoms with E-state index in [4.69, 9.17) is 14.6 Å². The van der Waals surface area contributed by atoms with Crippen LogP contribution >= 0.6 is 0 Å². The molecule has 0 saturated carbocycles. The van der Waals surface area contributed by atoms with Gasteiger partial charge in [0.15, 0.2) is 0 Å². The Hall–Kier alpha value is -0.820. The lowest BCUT2D eigenvalue weighted by Gasteiger charge is -2.29. The van der Waals surface area contributed by atoms with Crippen molar-refractivity contribution in [3.05, 3.63) is 12.7 Å². The topological polar surface area (TPSA) is 38.7 Å². The summed E-state index contributed by atoms with van der Waals surface area (Å²) in [5, 5.41) is 8.60. The number of aliphatic hydroxyl groups excluding tert-OH is 1. The van der Waals surface area contributed by atoms with E-state index in [9.17, 15) is 0 Å². The first kappa shape index (κ1) is 14.2. The van der Waals surface area contributed by atoms with Crippen LogP contribution in [0.3, 0.4) is 0 Å². The molecule has 0 aromatic heterocycles. The Labute approximate surface area is 92.1 Å². The zero-order valence-corrected chi connectivity index (χ0v) is 9.58. The molecule has 0 saturated heterocycles. The highest BCUT2D eigenvalue weighted by atomic mass is 16.5. The number of hydrogen-bond acceptors (Lipinski definition) is 3. The lowest BCUT2D eigenvalue weighted by Crippen LogP contribution is -2.31. The molecular formula is C12H20O3. The van der Waals surface area contributed by atoms with Crippen LogP contribution in [0.5, 0.6) is 0 Å². The van der Waals surface area contributed by atoms with Crippen LogP contribution in [0.15, 0.2) is 12.7 Å². The van der Waals surface area contributed by atoms with Gasteiger partial charge in [-0.1, -0.05) is 12.0 Å². The first-order chi connectivity index (χ1) is 7.24. The van der Waals surface area contributed by atoms with Crippen LogP contribution in [0.25, 0.3) is 0 Å². The lowest BCUT2D eigenvalue weighted by molar-refractivity contribution is 0.0150. The molecule has 0 aliphatic rings. The maximum Gasteiger partial charge on any atom is 0.104 e. The third-order valence-corrected chi connectivity index (χ3v) is 2.15. The van der Waals surface area contributed by atoms with E-state index in [1.165, 1.54) is 0 Å². The molecule has 0 aromatic rings. The highest BCUT2D eigenvalue weighted by molar-refractivity contribution is 5.04. The normalized spacial score (nSPS) is 10.6. The second-order valence-electron chi connectivity index (χ2n) is 3.55. The predicted octanol–water partition coefficient (Wildman–Crippen LogP) is 1.23. The van der Waals surface area contributed by atoms with E-state index >= 15 is 0 Å². The fourth-order valence-corrected chi connectivity index (χ4v) is 1.56. The number of aliphatic hydroxyl groups is 1. The van der Waals surface area contributed by atoms with Crippen molar-refractivity contribution in [3.63, 3.8) is 0 Å². The van der Waals surface area contributed by atoms with Crippen LogP contribution in [0.1, 0.15) is 12.8 Å². The standard InChI is InChI=1S/C12H20O3/c1-4-7-12(10-14-2,11-15-3)8-5-6-9-13/h4,13H,1,7-11H2,2-3H3. The maximum atomic E-state index is 8.60. The number of ether oxygens (including phenoxy) is 2. The van der Waals surface area contributed by atoms with Gasteiger partial charge in [-0.2, -0.15) is 0 Å². The van der Waals surface area contributed by atoms with Gasteiger partial charge in [0.05, 0.1) is 13.2 Å². The summed E-state index contributed by atoms with van der Waals surface area (Å²) in [4.78, 5) is 0. The van der Waals surface area contributed by atoms with Crippen molar-refractivity contribution in [1.82, 2.24) is 0 Å². The number of hydrogen-bond donors (Lipinski definition) is 1. The Bertz CT molecular complexity index is 219. The van der Waals surface area contributed by atoms with E-state index in [2.05, 4.69) is 18.4 Å². The molecule has 0 heterocycles. The molecule has 0 radical (unpaired) electrons. The molecule has 0 unspecified atom stereocenters. The Balaban J connectivity index is 4.51. The first-order valence-electron chi connectivity index (χ1n) is 4.90. The Morgan fingerprint density at radius 2 is 1.87 bits per heavy atom. The van der Waals surface area contributed by atoms with E-state index in [0.717, 1.165) is 6.42 Å². The Morgan fingerprint density at radius 1 is 1.27 bits per heavy atom. The number of methoxy groups -OCH3 is 2. The van der Waals surface area contributed by atoms with Gasteiger partial charge in [0.1, 0.15) is 6.61 Å². The van der Waals surface area contributed by atoms with Gasteiger partial charge in [-0.05, 0) is 6.42 Å². The average molecular weight is 212 g/mol. The second kappa shape index (κ2) is 8.49. The smallest absolute Gasteiger partial charge is 0.104 e. The summed E-state index contributed by atoms with van der Waals surface area (Å²) in [6.45, 7) is 4.78. The van der Waals surface area contributed by atoms with E-state index in [1.54, 1.807) is 14.2 Å². The van der Waals surface area contributed by atoms with E-state index < -0.39 is 0 Å². The first-order valence-corrected chi connectivity index (χ1v) is 4.90. The zero-order chi connectivity index (χ0) is 11.6. The molecule has 15 heavy (non-hydrogen) atoms. The molecule has 0 aromatic carbocycles. The SMILES string of the molecule is C=CCC(CC#CCO)(COC)COC. The minimum Gasteiger partial charge on any atom is -0.384 e. The third-order valence-electron chi connectivity index (χ3n) is 2.15. The Kier molecular flexibility index (Phi) is 8.02. The van der Waals surface area contributed by atoms with Crippen LogP contribution in [0.4, 0.5) is 0 Å². The van der Waals surface area contributed by atoms with E-state index in [1.807, 2.05) is 6.08 Å². The van der Waals surface area contributed by atoms with Crippen LogP contribution in [-0.2, 0) is 9.47 Å². The average Bonchev–Trinajstić information content (AvgIpc) is 2.19. The van der Waals surface area contributed by atoms with Crippen molar-refractivity contribution in [2.24, 2.45) is 5.41 Å². The van der Waals surface area contributed by atoms with Gasteiger partial charge in [0.25, 0.3) is 0 Å². The van der Waals surface area contributed by atoms with Gasteiger partial charge in [-0.25, -0.2) is 0 Å². The van der Waals surface area contributed by atoms with Crippen LogP contribution in [0.2, 0.25) is 0 Å². The largest absolute Gasteiger partial charge is 0.384 e. The van der Waals surface area contributed by atoms with E-state index in [0.29, 0.717) is 19.6 Å². The predicted molar refractivity (Wildman–Crippen MR) is 60.5 cm³/mol. The second-order valence-corrected chi connectivity index (χ2v) is 3.55. The van der Waals surface area contributed by atoms with Gasteiger partial charge >= 0.3 is 0 Å². The summed E-state index contributed by atoms with van der Waals surface area (Å²) in [5.41, 5.74) is -0.145. The summed E-state index contributed by atoms with van der Waals surface area (Å²) in [6.07, 6.45) is 3.27. The summed E-state index contributed by atoms with van der Waals surface area (Å²) < 4.78 is 10.4. The van der Waals surface area contributed by atoms with Gasteiger partial charge in [-0.15, -0.1) is 12.5 Å². The summed E-state index contributed by atoms with van der Waals surface area (Å²) in [6, 6.07) is 0. The van der Waals surface area contributed by atoms with Crippen molar-refractivity contribution in [2.75, 3.05) is 34.0 Å². The Morgan fingerprint density at radius 3 is 2.27 bits per heavy atom. The van der Waals surface area contributed by atoms with Gasteiger partial charge in [-0.3, -0.25) is 0 Å². The molecule has 0 rings (SSSR count). The van der Waals surface area contributed by atoms with Crippen LogP contribution < -0.4 is 0 Å². The molecule has 86 valence electrons. The summed E-state index contributed by atoms with van der Waals surface area (Å²) in [7, 11) is 3.32. The molecule has 0 aliphatic heterocycles. The van der Waals surface area contributed by atoms with Crippen LogP contribution in [0, 0.1) is 17.3 Å². The van der Waals surface area contributed by atoms with Crippen molar-refractivity contribution in [3.8, 4) is 11.8 Å². The van der Waals surface area contributed by atoms with E-state index in [-0.39, 0.29) is 12.0 Å². The molecule has 0 bridgehead atoms. The zero-order valence-electron chi connectivity index (χ0n) is 9.58. The monoisotopic (exact) mass is 212 g/mol. The van der Waals surface area contributed by atoms with Gasteiger partial charge < -0.3 is 14.6 Å². The fourth-order valence-electron chi connectivity index (χ4n) is 1.56. The molecule has 3 nitrogen and oxygen atoms in total. The minimum absolute atomic E-state index is 0.107. The third kappa shape index (κ3) is 5.58. The van der Waals surface area contributed by atoms with Crippen molar-refractivity contribution < 1.29 is 14.6 Å². The van der Waals surface area contributed by atoms with Crippen molar-refractivity contribution >= 4 is 0 Å². The molecule has 0 amide bonds. The number of rotatable bonds is 7. The maximum absolute atomic E-state index is 8.60. The molecule has 0 atom stereocenters. The molecule has 0 fully saturated rings. The summed E-state index contributed by atoms with van der Waals surface area (Å²) >= 11 is 0. The van der Waals surface area contributed by atoms with Gasteiger partial charge in [0, 0.05) is 26.1 Å². The highest BCUT2D eigenvalue weighted by Crippen LogP contribution is 2.27. The number of allylic oxidation sites excluding steroid dienone is 1. The van der Waals surface area contributed by atoms with Crippen LogP contribution in [-0.4, -0.2) is 39.1 Å². The van der Waals surface area contributed by atoms with Crippen molar-refractivity contribution in [1.29, 1.82) is 0 Å². The molecule has 3 heteroatoms. The molecule has 0 aliphatic carbocycles. The van der Waals surface area contributed by atoms with Gasteiger partial charge in [0.2, 0.25) is 0 Å². The van der Waals surface area contributed by atoms with Crippen molar-refractivity contribution in [2.45, 2.75) is 12.8 Å². The summed E-state index contributed by atoms with van der Waals surface area (Å²) in [5.74, 6) is 5.56.